The molecule has 0 amide bonds. The zero-order valence-electron chi connectivity index (χ0n) is 9.35. The van der Waals surface area contributed by atoms with E-state index in [1.54, 1.807) is 12.1 Å². The fraction of sp³-hybridized carbons (Fsp3) is 0.0714. The summed E-state index contributed by atoms with van der Waals surface area (Å²) >= 11 is 3.42. The predicted octanol–water partition coefficient (Wildman–Crippen LogP) is 3.04. The number of rotatable bonds is 0. The highest BCUT2D eigenvalue weighted by Gasteiger charge is 2.25. The highest BCUT2D eigenvalue weighted by Crippen LogP contribution is 2.36. The minimum absolute atomic E-state index is 0.307. The summed E-state index contributed by atoms with van der Waals surface area (Å²) < 4.78 is 0.932. The van der Waals surface area contributed by atoms with Gasteiger partial charge in [0.2, 0.25) is 5.78 Å². The molecule has 0 spiro atoms. The molecule has 0 fully saturated rings. The van der Waals surface area contributed by atoms with Crippen molar-refractivity contribution in [1.29, 1.82) is 0 Å². The lowest BCUT2D eigenvalue weighted by Gasteiger charge is -2.11. The summed E-state index contributed by atoms with van der Waals surface area (Å²) in [5.41, 5.74) is 3.03. The molecule has 18 heavy (non-hydrogen) atoms. The van der Waals surface area contributed by atoms with Crippen LogP contribution in [-0.2, 0) is 0 Å². The first-order chi connectivity index (χ1) is 8.66. The molecule has 2 aromatic rings. The van der Waals surface area contributed by atoms with E-state index in [-0.39, 0.29) is 5.78 Å². The second kappa shape index (κ2) is 4.23. The summed E-state index contributed by atoms with van der Waals surface area (Å²) in [7, 11) is 0. The summed E-state index contributed by atoms with van der Waals surface area (Å²) in [5, 5.41) is 12.7. The van der Waals surface area contributed by atoms with Gasteiger partial charge in [-0.25, -0.2) is 0 Å². The van der Waals surface area contributed by atoms with Crippen LogP contribution in [0.3, 0.4) is 0 Å². The van der Waals surface area contributed by atoms with Crippen LogP contribution in [0.2, 0.25) is 0 Å². The molecule has 0 saturated carbocycles. The number of aliphatic hydroxyl groups excluding tert-OH is 1. The monoisotopic (exact) mass is 303 g/mol. The largest absolute Gasteiger partial charge is 0.367 e. The van der Waals surface area contributed by atoms with Gasteiger partial charge in [0, 0.05) is 21.3 Å². The van der Waals surface area contributed by atoms with Gasteiger partial charge in [-0.1, -0.05) is 40.2 Å². The molecule has 3 rings (SSSR count). The van der Waals surface area contributed by atoms with E-state index in [0.29, 0.717) is 5.56 Å². The molecule has 1 heterocycles. The molecule has 3 nitrogen and oxygen atoms in total. The van der Waals surface area contributed by atoms with E-state index in [1.807, 2.05) is 30.3 Å². The molecule has 0 aromatic heterocycles. The number of nitrogens with one attached hydrogen (secondary N) is 1. The number of aliphatic hydroxyl groups is 1. The standard InChI is InChI=1S/C14H10BrNO2/c15-8-5-6-12-11(7-8)9-3-1-2-4-10(9)13(17)14(18)16-12/h1-7,14,16,18H/t14-/m1/s1. The lowest BCUT2D eigenvalue weighted by Crippen LogP contribution is -2.27. The van der Waals surface area contributed by atoms with Crippen molar-refractivity contribution in [2.24, 2.45) is 0 Å². The molecule has 1 atom stereocenters. The summed E-state index contributed by atoms with van der Waals surface area (Å²) in [5.74, 6) is -0.307. The number of fused-ring (bicyclic) bond motifs is 3. The first-order valence-corrected chi connectivity index (χ1v) is 6.34. The highest BCUT2D eigenvalue weighted by atomic mass is 79.9. The second-order valence-corrected chi connectivity index (χ2v) is 5.06. The van der Waals surface area contributed by atoms with Crippen molar-refractivity contribution in [3.05, 3.63) is 52.5 Å². The maximum absolute atomic E-state index is 12.1. The van der Waals surface area contributed by atoms with E-state index in [9.17, 15) is 9.90 Å². The fourth-order valence-electron chi connectivity index (χ4n) is 2.16. The third-order valence-electron chi connectivity index (χ3n) is 3.00. The topological polar surface area (TPSA) is 49.3 Å². The molecular formula is C14H10BrNO2. The molecule has 1 aliphatic rings. The van der Waals surface area contributed by atoms with Gasteiger partial charge >= 0.3 is 0 Å². The van der Waals surface area contributed by atoms with E-state index in [4.69, 9.17) is 0 Å². The number of hydrogen-bond donors (Lipinski definition) is 2. The van der Waals surface area contributed by atoms with E-state index >= 15 is 0 Å². The number of ketones is 1. The Morgan fingerprint density at radius 2 is 1.78 bits per heavy atom. The third-order valence-corrected chi connectivity index (χ3v) is 3.50. The lowest BCUT2D eigenvalue weighted by molar-refractivity contribution is 0.0796. The lowest BCUT2D eigenvalue weighted by atomic mass is 9.97. The van der Waals surface area contributed by atoms with Gasteiger partial charge in [-0.05, 0) is 23.8 Å². The van der Waals surface area contributed by atoms with Gasteiger partial charge in [0.15, 0.2) is 6.23 Å². The van der Waals surface area contributed by atoms with Crippen molar-refractivity contribution in [2.75, 3.05) is 5.32 Å². The van der Waals surface area contributed by atoms with Gasteiger partial charge in [-0.15, -0.1) is 0 Å². The Kier molecular flexibility index (Phi) is 2.69. The van der Waals surface area contributed by atoms with Gasteiger partial charge in [-0.2, -0.15) is 0 Å². The number of carbonyl (C=O) groups is 1. The average molecular weight is 304 g/mol. The number of hydrogen-bond acceptors (Lipinski definition) is 3. The average Bonchev–Trinajstić information content (AvgIpc) is 2.48. The van der Waals surface area contributed by atoms with Crippen molar-refractivity contribution >= 4 is 27.4 Å². The number of benzene rings is 2. The second-order valence-electron chi connectivity index (χ2n) is 4.15. The molecule has 0 bridgehead atoms. The smallest absolute Gasteiger partial charge is 0.212 e. The molecule has 0 radical (unpaired) electrons. The molecule has 2 aromatic carbocycles. The molecule has 2 N–H and O–H groups in total. The van der Waals surface area contributed by atoms with Crippen molar-refractivity contribution < 1.29 is 9.90 Å². The van der Waals surface area contributed by atoms with Crippen LogP contribution < -0.4 is 5.32 Å². The third kappa shape index (κ3) is 1.74. The van der Waals surface area contributed by atoms with Crippen LogP contribution in [0.25, 0.3) is 11.1 Å². The Hall–Kier alpha value is -1.65. The predicted molar refractivity (Wildman–Crippen MR) is 73.5 cm³/mol. The zero-order chi connectivity index (χ0) is 12.7. The minimum atomic E-state index is -1.20. The Morgan fingerprint density at radius 1 is 1.06 bits per heavy atom. The van der Waals surface area contributed by atoms with Crippen molar-refractivity contribution in [2.45, 2.75) is 6.23 Å². The van der Waals surface area contributed by atoms with E-state index in [1.165, 1.54) is 0 Å². The molecule has 0 saturated heterocycles. The maximum atomic E-state index is 12.1. The Bertz CT molecular complexity index is 639. The highest BCUT2D eigenvalue weighted by molar-refractivity contribution is 9.10. The molecule has 0 unspecified atom stereocenters. The van der Waals surface area contributed by atoms with Crippen molar-refractivity contribution in [1.82, 2.24) is 0 Å². The summed E-state index contributed by atoms with van der Waals surface area (Å²) in [6, 6.07) is 13.0. The minimum Gasteiger partial charge on any atom is -0.367 e. The molecule has 1 aliphatic heterocycles. The molecule has 0 aliphatic carbocycles. The van der Waals surface area contributed by atoms with Crippen LogP contribution in [0.5, 0.6) is 0 Å². The van der Waals surface area contributed by atoms with Crippen LogP contribution in [0, 0.1) is 0 Å². The van der Waals surface area contributed by atoms with Gasteiger partial charge in [0.25, 0.3) is 0 Å². The van der Waals surface area contributed by atoms with Crippen LogP contribution >= 0.6 is 15.9 Å². The SMILES string of the molecule is O=C1c2ccccc2-c2cc(Br)ccc2N[C@@H]1O. The Balaban J connectivity index is 2.33. The quantitative estimate of drug-likeness (QED) is 0.786. The van der Waals surface area contributed by atoms with E-state index in [0.717, 1.165) is 21.3 Å². The van der Waals surface area contributed by atoms with E-state index < -0.39 is 6.23 Å². The summed E-state index contributed by atoms with van der Waals surface area (Å²) in [6.45, 7) is 0. The van der Waals surface area contributed by atoms with Gasteiger partial charge in [0.05, 0.1) is 0 Å². The normalized spacial score (nSPS) is 17.4. The van der Waals surface area contributed by atoms with Crippen LogP contribution in [0.4, 0.5) is 5.69 Å². The molecule has 4 heteroatoms. The number of halogens is 1. The van der Waals surface area contributed by atoms with Crippen LogP contribution in [0.1, 0.15) is 10.4 Å². The van der Waals surface area contributed by atoms with Gasteiger partial charge < -0.3 is 10.4 Å². The molecular weight excluding hydrogens is 294 g/mol. The first-order valence-electron chi connectivity index (χ1n) is 5.54. The fourth-order valence-corrected chi connectivity index (χ4v) is 2.52. The van der Waals surface area contributed by atoms with Crippen LogP contribution in [-0.4, -0.2) is 17.1 Å². The summed E-state index contributed by atoms with van der Waals surface area (Å²) in [6.07, 6.45) is -1.20. The van der Waals surface area contributed by atoms with Gasteiger partial charge in [-0.3, -0.25) is 4.79 Å². The van der Waals surface area contributed by atoms with Gasteiger partial charge in [0.1, 0.15) is 0 Å². The zero-order valence-corrected chi connectivity index (χ0v) is 10.9. The summed E-state index contributed by atoms with van der Waals surface area (Å²) in [4.78, 5) is 12.1. The molecule has 90 valence electrons. The van der Waals surface area contributed by atoms with Crippen molar-refractivity contribution in [3.63, 3.8) is 0 Å². The first kappa shape index (κ1) is 11.4. The number of Topliss-reactive ketones (excluding diaryl/α,β-unsaturated/α-hetero) is 1. The number of anilines is 1. The van der Waals surface area contributed by atoms with E-state index in [2.05, 4.69) is 21.2 Å². The Labute approximate surface area is 113 Å². The van der Waals surface area contributed by atoms with Crippen LogP contribution in [0.15, 0.2) is 46.9 Å². The Morgan fingerprint density at radius 3 is 2.56 bits per heavy atom. The van der Waals surface area contributed by atoms with Crippen molar-refractivity contribution in [3.8, 4) is 11.1 Å². The maximum Gasteiger partial charge on any atom is 0.212 e. The number of carbonyl (C=O) groups excluding carboxylic acids is 1.